The van der Waals surface area contributed by atoms with Crippen molar-refractivity contribution in [2.24, 2.45) is 28.1 Å². The van der Waals surface area contributed by atoms with Gasteiger partial charge in [0.1, 0.15) is 42.0 Å². The molecule has 0 aromatic heterocycles. The Morgan fingerprint density at radius 3 is 1.66 bits per heavy atom. The number of carboxylic acids is 2. The molecule has 0 fully saturated rings. The summed E-state index contributed by atoms with van der Waals surface area (Å²) in [7, 11) is 0. The van der Waals surface area contributed by atoms with Crippen LogP contribution in [-0.4, -0.2) is 165 Å². The Hall–Kier alpha value is -7.13. The highest BCUT2D eigenvalue weighted by atomic mass is 16.4. The molecule has 27 nitrogen and oxygen atoms in total. The van der Waals surface area contributed by atoms with Crippen LogP contribution in [0.1, 0.15) is 52.5 Å². The standard InChI is InChI=1S/C38H60N12O15/c1-17(2)29(49-31(58)18(3)39)36(63)50-30(19(4)52)35(62)44-15-26(54)45-22(6-5-11-42-38(40)41)32(59)43-14-27(55)46-23(13-28(56)57)33(60)48-25(16-51)34(61)47-24(37(64)65)12-20-7-9-21(53)10-8-20/h7-10,17-19,22-25,29-30,51-53H,5-6,11-16,39H2,1-4H3,(H,43,59)(H,44,62)(H,45,54)(H,46,55)(H,47,61)(H,48,60)(H,49,58)(H,50,63)(H,56,57)(H,64,65)(H4,40,41,42)/t18-,19+,22-,23-,24-,25-,29-,30-/m0/s1. The molecule has 1 rings (SSSR count). The molecule has 0 unspecified atom stereocenters. The van der Waals surface area contributed by atoms with E-state index in [9.17, 15) is 73.5 Å². The van der Waals surface area contributed by atoms with Gasteiger partial charge >= 0.3 is 11.9 Å². The number of hydrogen-bond acceptors (Lipinski definition) is 15. The lowest BCUT2D eigenvalue weighted by Gasteiger charge is -2.27. The highest BCUT2D eigenvalue weighted by Crippen LogP contribution is 2.12. The number of benzene rings is 1. The van der Waals surface area contributed by atoms with E-state index in [0.29, 0.717) is 5.56 Å². The third-order valence-corrected chi connectivity index (χ3v) is 9.00. The first-order valence-electron chi connectivity index (χ1n) is 20.0. The number of aliphatic hydroxyl groups excluding tert-OH is 2. The average Bonchev–Trinajstić information content (AvgIpc) is 3.22. The number of phenolic OH excluding ortho intramolecular Hbond substituents is 1. The lowest BCUT2D eigenvalue weighted by Crippen LogP contribution is -2.60. The second-order valence-electron chi connectivity index (χ2n) is 15.0. The van der Waals surface area contributed by atoms with Crippen LogP contribution in [0.2, 0.25) is 0 Å². The summed E-state index contributed by atoms with van der Waals surface area (Å²) in [6.07, 6.45) is -2.87. The summed E-state index contributed by atoms with van der Waals surface area (Å²) in [6, 6.07) is -5.03. The van der Waals surface area contributed by atoms with Gasteiger partial charge in [0.15, 0.2) is 5.96 Å². The monoisotopic (exact) mass is 924 g/mol. The molecule has 8 atom stereocenters. The Morgan fingerprint density at radius 1 is 0.646 bits per heavy atom. The van der Waals surface area contributed by atoms with Gasteiger partial charge in [0.05, 0.1) is 38.3 Å². The summed E-state index contributed by atoms with van der Waals surface area (Å²) in [5.41, 5.74) is 16.6. The number of carbonyl (C=O) groups excluding carboxylic acids is 8. The normalized spacial score (nSPS) is 14.5. The molecule has 65 heavy (non-hydrogen) atoms. The molecule has 27 heteroatoms. The highest BCUT2D eigenvalue weighted by Gasteiger charge is 2.33. The van der Waals surface area contributed by atoms with Gasteiger partial charge in [0.25, 0.3) is 0 Å². The molecule has 0 heterocycles. The molecule has 0 spiro atoms. The van der Waals surface area contributed by atoms with Crippen LogP contribution >= 0.6 is 0 Å². The van der Waals surface area contributed by atoms with E-state index in [2.05, 4.69) is 42.2 Å². The number of aliphatic imine (C=N–C) groups is 1. The number of nitrogens with two attached hydrogens (primary N) is 3. The van der Waals surface area contributed by atoms with Crippen LogP contribution in [-0.2, 0) is 54.4 Å². The number of amides is 8. The van der Waals surface area contributed by atoms with Crippen LogP contribution < -0.4 is 59.7 Å². The fourth-order valence-corrected chi connectivity index (χ4v) is 5.49. The van der Waals surface area contributed by atoms with E-state index >= 15 is 0 Å². The number of phenols is 1. The molecule has 362 valence electrons. The molecular formula is C38H60N12O15. The molecular weight excluding hydrogens is 864 g/mol. The number of guanidine groups is 1. The van der Waals surface area contributed by atoms with Gasteiger partial charge in [0.2, 0.25) is 47.3 Å². The van der Waals surface area contributed by atoms with Crippen molar-refractivity contribution < 1.29 is 73.5 Å². The molecule has 0 saturated heterocycles. The van der Waals surface area contributed by atoms with Crippen molar-refractivity contribution in [1.82, 2.24) is 42.5 Å². The Bertz CT molecular complexity index is 1870. The largest absolute Gasteiger partial charge is 0.508 e. The maximum Gasteiger partial charge on any atom is 0.326 e. The van der Waals surface area contributed by atoms with E-state index < -0.39 is 140 Å². The summed E-state index contributed by atoms with van der Waals surface area (Å²) in [5.74, 6) is -12.0. The number of nitrogens with one attached hydrogen (secondary N) is 8. The van der Waals surface area contributed by atoms with E-state index in [-0.39, 0.29) is 37.5 Å². The summed E-state index contributed by atoms with van der Waals surface area (Å²) in [6.45, 7) is 3.02. The average molecular weight is 925 g/mol. The summed E-state index contributed by atoms with van der Waals surface area (Å²) < 4.78 is 0. The second-order valence-corrected chi connectivity index (χ2v) is 15.0. The quantitative estimate of drug-likeness (QED) is 0.0211. The predicted molar refractivity (Wildman–Crippen MR) is 226 cm³/mol. The Labute approximate surface area is 372 Å². The van der Waals surface area contributed by atoms with E-state index in [4.69, 9.17) is 17.2 Å². The predicted octanol–water partition coefficient (Wildman–Crippen LogP) is -6.93. The van der Waals surface area contributed by atoms with Gasteiger partial charge in [0, 0.05) is 13.0 Å². The first-order chi connectivity index (χ1) is 30.4. The van der Waals surface area contributed by atoms with Gasteiger partial charge in [-0.3, -0.25) is 48.1 Å². The van der Waals surface area contributed by atoms with Crippen molar-refractivity contribution in [2.45, 2.75) is 102 Å². The first kappa shape index (κ1) is 55.9. The molecule has 1 aromatic carbocycles. The van der Waals surface area contributed by atoms with E-state index in [1.165, 1.54) is 38.1 Å². The lowest BCUT2D eigenvalue weighted by molar-refractivity contribution is -0.143. The molecule has 0 bridgehead atoms. The minimum absolute atomic E-state index is 0.00872. The van der Waals surface area contributed by atoms with Crippen molar-refractivity contribution in [2.75, 3.05) is 26.2 Å². The fraction of sp³-hybridized carbons (Fsp3) is 0.553. The fourth-order valence-electron chi connectivity index (χ4n) is 5.49. The number of carboxylic acid groups (broad SMARTS) is 2. The van der Waals surface area contributed by atoms with Gasteiger partial charge in [-0.05, 0) is 50.3 Å². The molecule has 0 radical (unpaired) electrons. The van der Waals surface area contributed by atoms with Crippen molar-refractivity contribution in [3.05, 3.63) is 29.8 Å². The smallest absolute Gasteiger partial charge is 0.326 e. The van der Waals surface area contributed by atoms with E-state index in [1.54, 1.807) is 13.8 Å². The minimum atomic E-state index is -1.90. The van der Waals surface area contributed by atoms with E-state index in [0.717, 1.165) is 0 Å². The summed E-state index contributed by atoms with van der Waals surface area (Å²) in [5, 5.41) is 66.4. The summed E-state index contributed by atoms with van der Waals surface area (Å²) in [4.78, 5) is 130. The number of aliphatic hydroxyl groups is 2. The number of aromatic hydroxyl groups is 1. The van der Waals surface area contributed by atoms with Crippen LogP contribution in [0.25, 0.3) is 0 Å². The van der Waals surface area contributed by atoms with Crippen LogP contribution in [0.3, 0.4) is 0 Å². The zero-order valence-electron chi connectivity index (χ0n) is 36.2. The third-order valence-electron chi connectivity index (χ3n) is 9.00. The van der Waals surface area contributed by atoms with Crippen LogP contribution in [0.15, 0.2) is 29.3 Å². The number of nitrogens with zero attached hydrogens (tertiary/aromatic N) is 1. The van der Waals surface area contributed by atoms with Gasteiger partial charge in [-0.15, -0.1) is 0 Å². The van der Waals surface area contributed by atoms with Crippen molar-refractivity contribution in [3.8, 4) is 5.75 Å². The van der Waals surface area contributed by atoms with Crippen molar-refractivity contribution in [3.63, 3.8) is 0 Å². The molecule has 1 aromatic rings. The van der Waals surface area contributed by atoms with Crippen LogP contribution in [0, 0.1) is 5.92 Å². The zero-order chi connectivity index (χ0) is 49.6. The second kappa shape index (κ2) is 27.8. The SMILES string of the molecule is CC(C)[C@H](NC(=O)[C@H](C)N)C(=O)N[C@H](C(=O)NCC(=O)N[C@@H](CCCN=C(N)N)C(=O)NCC(=O)N[C@@H](CC(=O)O)C(=O)N[C@@H](CO)C(=O)N[C@@H](Cc1ccc(O)cc1)C(=O)O)[C@@H](C)O. The Morgan fingerprint density at radius 2 is 1.17 bits per heavy atom. The molecule has 0 aliphatic carbocycles. The van der Waals surface area contributed by atoms with Crippen molar-refractivity contribution in [1.29, 1.82) is 0 Å². The number of aliphatic carboxylic acids is 2. The molecule has 19 N–H and O–H groups in total. The molecule has 8 amide bonds. The number of hydrogen-bond donors (Lipinski definition) is 16. The van der Waals surface area contributed by atoms with Gasteiger partial charge in [-0.2, -0.15) is 0 Å². The first-order valence-corrected chi connectivity index (χ1v) is 20.0. The molecule has 0 aliphatic heterocycles. The Balaban J connectivity index is 3.01. The van der Waals surface area contributed by atoms with Gasteiger partial charge in [-0.1, -0.05) is 26.0 Å². The minimum Gasteiger partial charge on any atom is -0.508 e. The van der Waals surface area contributed by atoms with Gasteiger partial charge < -0.3 is 85.3 Å². The van der Waals surface area contributed by atoms with Crippen molar-refractivity contribution >= 4 is 65.2 Å². The van der Waals surface area contributed by atoms with Crippen LogP contribution in [0.4, 0.5) is 0 Å². The zero-order valence-corrected chi connectivity index (χ0v) is 36.2. The highest BCUT2D eigenvalue weighted by molar-refractivity contribution is 5.97. The maximum absolute atomic E-state index is 13.2. The topological polar surface area (TPSA) is 459 Å². The van der Waals surface area contributed by atoms with E-state index in [1.807, 2.05) is 5.32 Å². The molecule has 0 saturated carbocycles. The molecule has 0 aliphatic rings. The third kappa shape index (κ3) is 21.2. The number of rotatable bonds is 28. The van der Waals surface area contributed by atoms with Crippen LogP contribution in [0.5, 0.6) is 5.75 Å². The number of carbonyl (C=O) groups is 10. The summed E-state index contributed by atoms with van der Waals surface area (Å²) >= 11 is 0. The maximum atomic E-state index is 13.2. The lowest BCUT2D eigenvalue weighted by atomic mass is 10.0. The Kier molecular flexibility index (Phi) is 23.9. The van der Waals surface area contributed by atoms with Gasteiger partial charge in [-0.25, -0.2) is 4.79 Å².